The summed E-state index contributed by atoms with van der Waals surface area (Å²) in [5.74, 6) is -0.390. The number of aryl methyl sites for hydroxylation is 1. The molecule has 126 valence electrons. The standard InChI is InChI=1S/C17H18N2O4S/c1-12-3-6-14(7-4-12)24-16-8-5-13(11-15(16)19(22)23)17(21)18-9-2-10-20/h3-8,11,20H,2,9-10H2,1H3,(H,18,21). The maximum Gasteiger partial charge on any atom is 0.284 e. The van der Waals surface area contributed by atoms with Gasteiger partial charge in [-0.2, -0.15) is 0 Å². The van der Waals surface area contributed by atoms with Gasteiger partial charge >= 0.3 is 0 Å². The fourth-order valence-corrected chi connectivity index (χ4v) is 2.90. The number of aliphatic hydroxyl groups excluding tert-OH is 1. The second kappa shape index (κ2) is 8.47. The van der Waals surface area contributed by atoms with Gasteiger partial charge in [0.25, 0.3) is 11.6 Å². The van der Waals surface area contributed by atoms with Gasteiger partial charge in [0.15, 0.2) is 0 Å². The quantitative estimate of drug-likeness (QED) is 0.456. The van der Waals surface area contributed by atoms with Gasteiger partial charge in [-0.05, 0) is 37.6 Å². The molecule has 2 aromatic carbocycles. The van der Waals surface area contributed by atoms with Gasteiger partial charge in [-0.15, -0.1) is 0 Å². The average molecular weight is 346 g/mol. The number of hydrogen-bond acceptors (Lipinski definition) is 5. The van der Waals surface area contributed by atoms with Crippen LogP contribution in [0.3, 0.4) is 0 Å². The third-order valence-electron chi connectivity index (χ3n) is 3.29. The van der Waals surface area contributed by atoms with Crippen molar-refractivity contribution in [1.29, 1.82) is 0 Å². The molecule has 0 atom stereocenters. The van der Waals surface area contributed by atoms with E-state index in [2.05, 4.69) is 5.32 Å². The Kier molecular flexibility index (Phi) is 6.34. The lowest BCUT2D eigenvalue weighted by atomic mass is 10.2. The maximum absolute atomic E-state index is 12.0. The molecular weight excluding hydrogens is 328 g/mol. The SMILES string of the molecule is Cc1ccc(Sc2ccc(C(=O)NCCCO)cc2[N+](=O)[O-])cc1. The summed E-state index contributed by atoms with van der Waals surface area (Å²) in [5.41, 5.74) is 1.24. The van der Waals surface area contributed by atoms with E-state index in [0.29, 0.717) is 17.9 Å². The van der Waals surface area contributed by atoms with Crippen LogP contribution in [0.1, 0.15) is 22.3 Å². The fourth-order valence-electron chi connectivity index (χ4n) is 2.00. The van der Waals surface area contributed by atoms with Crippen LogP contribution in [0, 0.1) is 17.0 Å². The lowest BCUT2D eigenvalue weighted by Gasteiger charge is -2.07. The van der Waals surface area contributed by atoms with Crippen LogP contribution in [0.5, 0.6) is 0 Å². The molecule has 2 rings (SSSR count). The molecular formula is C17H18N2O4S. The van der Waals surface area contributed by atoms with E-state index in [-0.39, 0.29) is 17.9 Å². The Morgan fingerprint density at radius 3 is 2.58 bits per heavy atom. The zero-order chi connectivity index (χ0) is 17.5. The molecule has 0 aliphatic carbocycles. The van der Waals surface area contributed by atoms with Gasteiger partial charge in [0.2, 0.25) is 0 Å². The van der Waals surface area contributed by atoms with E-state index in [4.69, 9.17) is 5.11 Å². The van der Waals surface area contributed by atoms with Gasteiger partial charge in [0.05, 0.1) is 9.82 Å². The minimum absolute atomic E-state index is 0.0213. The van der Waals surface area contributed by atoms with Crippen LogP contribution in [0.25, 0.3) is 0 Å². The predicted octanol–water partition coefficient (Wildman–Crippen LogP) is 3.17. The molecule has 7 heteroatoms. The molecule has 24 heavy (non-hydrogen) atoms. The van der Waals surface area contributed by atoms with Gasteiger partial charge in [-0.25, -0.2) is 0 Å². The second-order valence-electron chi connectivity index (χ2n) is 5.19. The molecule has 0 heterocycles. The molecule has 0 aliphatic heterocycles. The van der Waals surface area contributed by atoms with E-state index < -0.39 is 10.8 Å². The first-order valence-corrected chi connectivity index (χ1v) is 8.25. The number of carbonyl (C=O) groups excluding carboxylic acids is 1. The van der Waals surface area contributed by atoms with Crippen molar-refractivity contribution in [3.05, 3.63) is 63.7 Å². The normalized spacial score (nSPS) is 10.4. The number of rotatable bonds is 7. The van der Waals surface area contributed by atoms with Crippen molar-refractivity contribution in [2.75, 3.05) is 13.2 Å². The molecule has 0 bridgehead atoms. The average Bonchev–Trinajstić information content (AvgIpc) is 2.57. The highest BCUT2D eigenvalue weighted by molar-refractivity contribution is 7.99. The topological polar surface area (TPSA) is 92.5 Å². The van der Waals surface area contributed by atoms with Crippen molar-refractivity contribution >= 4 is 23.4 Å². The van der Waals surface area contributed by atoms with E-state index in [0.717, 1.165) is 10.5 Å². The molecule has 2 N–H and O–H groups in total. The van der Waals surface area contributed by atoms with Crippen molar-refractivity contribution in [3.8, 4) is 0 Å². The number of nitrogens with one attached hydrogen (secondary N) is 1. The first kappa shape index (κ1) is 18.0. The van der Waals surface area contributed by atoms with Crippen molar-refractivity contribution in [2.45, 2.75) is 23.1 Å². The lowest BCUT2D eigenvalue weighted by molar-refractivity contribution is -0.387. The van der Waals surface area contributed by atoms with Crippen LogP contribution >= 0.6 is 11.8 Å². The summed E-state index contributed by atoms with van der Waals surface area (Å²) in [6.45, 7) is 2.27. The first-order chi connectivity index (χ1) is 11.5. The molecule has 0 radical (unpaired) electrons. The zero-order valence-corrected chi connectivity index (χ0v) is 14.0. The molecule has 0 fully saturated rings. The van der Waals surface area contributed by atoms with Crippen LogP contribution in [0.4, 0.5) is 5.69 Å². The first-order valence-electron chi connectivity index (χ1n) is 7.43. The Bertz CT molecular complexity index is 732. The van der Waals surface area contributed by atoms with Gasteiger partial charge in [0.1, 0.15) is 0 Å². The van der Waals surface area contributed by atoms with Crippen LogP contribution < -0.4 is 5.32 Å². The minimum Gasteiger partial charge on any atom is -0.396 e. The summed E-state index contributed by atoms with van der Waals surface area (Å²) in [5, 5.41) is 22.7. The minimum atomic E-state index is -0.485. The zero-order valence-electron chi connectivity index (χ0n) is 13.2. The number of hydrogen-bond donors (Lipinski definition) is 2. The summed E-state index contributed by atoms with van der Waals surface area (Å²) in [7, 11) is 0. The Hall–Kier alpha value is -2.38. The van der Waals surface area contributed by atoms with Crippen molar-refractivity contribution in [2.24, 2.45) is 0 Å². The molecule has 0 unspecified atom stereocenters. The van der Waals surface area contributed by atoms with Crippen LogP contribution in [0.2, 0.25) is 0 Å². The van der Waals surface area contributed by atoms with Crippen LogP contribution in [-0.2, 0) is 0 Å². The van der Waals surface area contributed by atoms with E-state index >= 15 is 0 Å². The number of aliphatic hydroxyl groups is 1. The summed E-state index contributed by atoms with van der Waals surface area (Å²) in [4.78, 5) is 24.2. The largest absolute Gasteiger partial charge is 0.396 e. The molecule has 0 aromatic heterocycles. The van der Waals surface area contributed by atoms with E-state index in [9.17, 15) is 14.9 Å². The highest BCUT2D eigenvalue weighted by Crippen LogP contribution is 2.35. The Balaban J connectivity index is 2.21. The van der Waals surface area contributed by atoms with Gasteiger partial charge in [-0.1, -0.05) is 29.5 Å². The number of amides is 1. The fraction of sp³-hybridized carbons (Fsp3) is 0.235. The second-order valence-corrected chi connectivity index (χ2v) is 6.30. The molecule has 6 nitrogen and oxygen atoms in total. The van der Waals surface area contributed by atoms with Crippen LogP contribution in [-0.4, -0.2) is 29.1 Å². The van der Waals surface area contributed by atoms with E-state index in [1.54, 1.807) is 12.1 Å². The van der Waals surface area contributed by atoms with E-state index in [1.807, 2.05) is 31.2 Å². The maximum atomic E-state index is 12.0. The number of nitro groups is 1. The number of benzene rings is 2. The number of carbonyl (C=O) groups is 1. The smallest absolute Gasteiger partial charge is 0.284 e. The van der Waals surface area contributed by atoms with Crippen molar-refractivity contribution < 1.29 is 14.8 Å². The highest BCUT2D eigenvalue weighted by atomic mass is 32.2. The molecule has 0 saturated heterocycles. The highest BCUT2D eigenvalue weighted by Gasteiger charge is 2.18. The third kappa shape index (κ3) is 4.81. The summed E-state index contributed by atoms with van der Waals surface area (Å²) >= 11 is 1.29. The molecule has 0 saturated carbocycles. The van der Waals surface area contributed by atoms with Gasteiger partial charge < -0.3 is 10.4 Å². The Morgan fingerprint density at radius 1 is 1.25 bits per heavy atom. The summed E-state index contributed by atoms with van der Waals surface area (Å²) in [6.07, 6.45) is 0.440. The van der Waals surface area contributed by atoms with E-state index in [1.165, 1.54) is 17.8 Å². The monoisotopic (exact) mass is 346 g/mol. The predicted molar refractivity (Wildman–Crippen MR) is 92.4 cm³/mol. The third-order valence-corrected chi connectivity index (χ3v) is 4.36. The molecule has 2 aromatic rings. The van der Waals surface area contributed by atoms with Gasteiger partial charge in [-0.3, -0.25) is 14.9 Å². The van der Waals surface area contributed by atoms with Gasteiger partial charge in [0, 0.05) is 29.7 Å². The Morgan fingerprint density at radius 2 is 1.96 bits per heavy atom. The lowest BCUT2D eigenvalue weighted by Crippen LogP contribution is -2.25. The molecule has 0 aliphatic rings. The molecule has 1 amide bonds. The van der Waals surface area contributed by atoms with Crippen LogP contribution in [0.15, 0.2) is 52.3 Å². The Labute approximate surface area is 144 Å². The number of nitrogens with zero attached hydrogens (tertiary/aromatic N) is 1. The van der Waals surface area contributed by atoms with Crippen molar-refractivity contribution in [3.63, 3.8) is 0 Å². The summed E-state index contributed by atoms with van der Waals surface area (Å²) < 4.78 is 0. The number of nitro benzene ring substituents is 1. The van der Waals surface area contributed by atoms with Crippen molar-refractivity contribution in [1.82, 2.24) is 5.32 Å². The molecule has 0 spiro atoms. The summed E-state index contributed by atoms with van der Waals surface area (Å²) in [6, 6.07) is 12.1.